The summed E-state index contributed by atoms with van der Waals surface area (Å²) in [5.74, 6) is -1.34. The molecule has 0 radical (unpaired) electrons. The van der Waals surface area contributed by atoms with Crippen LogP contribution in [0.1, 0.15) is 22.0 Å². The van der Waals surface area contributed by atoms with Crippen molar-refractivity contribution in [1.29, 1.82) is 0 Å². The van der Waals surface area contributed by atoms with Crippen LogP contribution in [0, 0.1) is 0 Å². The number of Topliss-reactive ketones (excluding diaryl/α,β-unsaturated/α-hetero) is 1. The molecular weight excluding hydrogens is 397 g/mol. The summed E-state index contributed by atoms with van der Waals surface area (Å²) in [5, 5.41) is -0.726. The van der Waals surface area contributed by atoms with Gasteiger partial charge in [0.2, 0.25) is 0 Å². The topological polar surface area (TPSA) is 54.5 Å². The van der Waals surface area contributed by atoms with Crippen molar-refractivity contribution in [2.75, 3.05) is 4.90 Å². The zero-order valence-corrected chi connectivity index (χ0v) is 16.1. The molecule has 0 aliphatic rings. The maximum atomic E-state index is 13.4. The van der Waals surface area contributed by atoms with Crippen LogP contribution in [0.3, 0.4) is 0 Å². The van der Waals surface area contributed by atoms with E-state index in [9.17, 15) is 14.4 Å². The van der Waals surface area contributed by atoms with Gasteiger partial charge < -0.3 is 0 Å². The predicted molar refractivity (Wildman–Crippen MR) is 110 cm³/mol. The molecule has 0 N–H and O–H groups in total. The standard InChI is InChI=1S/C22H15Cl2NO3/c23-17-11-13-18(14-12-17)25(22(28)21(24)27)19(15-7-3-1-4-8-15)20(26)16-9-5-2-6-10-16/h1-14,19H. The summed E-state index contributed by atoms with van der Waals surface area (Å²) in [6.45, 7) is 0. The van der Waals surface area contributed by atoms with Gasteiger partial charge in [-0.2, -0.15) is 0 Å². The number of amides is 1. The molecule has 3 rings (SSSR count). The molecule has 1 amide bonds. The fourth-order valence-corrected chi connectivity index (χ4v) is 3.11. The monoisotopic (exact) mass is 411 g/mol. The molecular formula is C22H15Cl2NO3. The quantitative estimate of drug-likeness (QED) is 0.323. The fourth-order valence-electron chi connectivity index (χ4n) is 2.89. The van der Waals surface area contributed by atoms with Crippen LogP contribution in [0.25, 0.3) is 0 Å². The molecule has 6 heteroatoms. The van der Waals surface area contributed by atoms with Crippen molar-refractivity contribution in [3.63, 3.8) is 0 Å². The smallest absolute Gasteiger partial charge is 0.291 e. The molecule has 1 atom stereocenters. The number of halogens is 2. The third kappa shape index (κ3) is 4.30. The Morgan fingerprint density at radius 2 is 1.29 bits per heavy atom. The molecule has 0 bridgehead atoms. The van der Waals surface area contributed by atoms with E-state index < -0.39 is 17.2 Å². The van der Waals surface area contributed by atoms with Gasteiger partial charge >= 0.3 is 11.1 Å². The van der Waals surface area contributed by atoms with Gasteiger partial charge in [-0.25, -0.2) is 0 Å². The minimum atomic E-state index is -1.18. The van der Waals surface area contributed by atoms with Crippen LogP contribution in [0.2, 0.25) is 5.02 Å². The second kappa shape index (κ2) is 8.83. The molecule has 0 aliphatic heterocycles. The van der Waals surface area contributed by atoms with Gasteiger partial charge in [0.05, 0.1) is 0 Å². The first kappa shape index (κ1) is 19.8. The van der Waals surface area contributed by atoms with E-state index in [-0.39, 0.29) is 5.78 Å². The molecule has 0 spiro atoms. The second-order valence-electron chi connectivity index (χ2n) is 5.97. The normalized spacial score (nSPS) is 11.5. The van der Waals surface area contributed by atoms with Crippen LogP contribution in [0.5, 0.6) is 0 Å². The van der Waals surface area contributed by atoms with Crippen LogP contribution in [0.15, 0.2) is 84.9 Å². The predicted octanol–water partition coefficient (Wildman–Crippen LogP) is 5.06. The minimum absolute atomic E-state index is 0.335. The van der Waals surface area contributed by atoms with Crippen LogP contribution >= 0.6 is 23.2 Å². The van der Waals surface area contributed by atoms with Crippen LogP contribution in [0.4, 0.5) is 5.69 Å². The van der Waals surface area contributed by atoms with E-state index in [0.29, 0.717) is 21.8 Å². The number of ketones is 1. The first-order valence-electron chi connectivity index (χ1n) is 8.42. The lowest BCUT2D eigenvalue weighted by Gasteiger charge is -2.30. The minimum Gasteiger partial charge on any atom is -0.291 e. The Balaban J connectivity index is 2.19. The third-order valence-corrected chi connectivity index (χ3v) is 4.59. The highest BCUT2D eigenvalue weighted by atomic mass is 35.5. The van der Waals surface area contributed by atoms with Crippen LogP contribution in [-0.2, 0) is 9.59 Å². The lowest BCUT2D eigenvalue weighted by Crippen LogP contribution is -2.41. The number of hydrogen-bond donors (Lipinski definition) is 0. The molecule has 0 fully saturated rings. The summed E-state index contributed by atoms with van der Waals surface area (Å²) in [7, 11) is 0. The Kier molecular flexibility index (Phi) is 6.24. The molecule has 0 aromatic heterocycles. The first-order chi connectivity index (χ1) is 13.5. The summed E-state index contributed by atoms with van der Waals surface area (Å²) >= 11 is 11.5. The lowest BCUT2D eigenvalue weighted by atomic mass is 9.95. The summed E-state index contributed by atoms with van der Waals surface area (Å²) in [5.41, 5.74) is 1.30. The maximum Gasteiger partial charge on any atom is 0.311 e. The zero-order valence-electron chi connectivity index (χ0n) is 14.6. The fraction of sp³-hybridized carbons (Fsp3) is 0.0455. The SMILES string of the molecule is O=C(Cl)C(=O)N(c1ccc(Cl)cc1)C(C(=O)c1ccccc1)c1ccccc1. The highest BCUT2D eigenvalue weighted by Gasteiger charge is 2.35. The first-order valence-corrected chi connectivity index (χ1v) is 9.17. The third-order valence-electron chi connectivity index (χ3n) is 4.17. The van der Waals surface area contributed by atoms with Crippen molar-refractivity contribution in [2.24, 2.45) is 0 Å². The summed E-state index contributed by atoms with van der Waals surface area (Å²) < 4.78 is 0. The van der Waals surface area contributed by atoms with E-state index in [4.69, 9.17) is 23.2 Å². The molecule has 140 valence electrons. The Labute approximate surface area is 172 Å². The summed E-state index contributed by atoms with van der Waals surface area (Å²) in [6, 6.07) is 22.5. The van der Waals surface area contributed by atoms with E-state index in [2.05, 4.69) is 0 Å². The summed E-state index contributed by atoms with van der Waals surface area (Å²) in [4.78, 5) is 39.0. The van der Waals surface area contributed by atoms with Gasteiger partial charge in [-0.15, -0.1) is 0 Å². The van der Waals surface area contributed by atoms with Gasteiger partial charge in [-0.1, -0.05) is 72.3 Å². The zero-order chi connectivity index (χ0) is 20.1. The molecule has 4 nitrogen and oxygen atoms in total. The molecule has 1 unspecified atom stereocenters. The number of carbonyl (C=O) groups excluding carboxylic acids is 3. The number of benzene rings is 3. The average Bonchev–Trinajstić information content (AvgIpc) is 2.73. The van der Waals surface area contributed by atoms with Gasteiger partial charge in [-0.3, -0.25) is 19.3 Å². The van der Waals surface area contributed by atoms with Gasteiger partial charge in [-0.05, 0) is 41.4 Å². The highest BCUT2D eigenvalue weighted by molar-refractivity contribution is 6.82. The van der Waals surface area contributed by atoms with Crippen LogP contribution in [-0.4, -0.2) is 16.9 Å². The highest BCUT2D eigenvalue weighted by Crippen LogP contribution is 2.31. The number of hydrogen-bond acceptors (Lipinski definition) is 3. The molecule has 0 saturated heterocycles. The van der Waals surface area contributed by atoms with E-state index in [0.717, 1.165) is 4.90 Å². The molecule has 3 aromatic carbocycles. The van der Waals surface area contributed by atoms with E-state index in [1.807, 2.05) is 0 Å². The largest absolute Gasteiger partial charge is 0.311 e. The molecule has 0 heterocycles. The average molecular weight is 412 g/mol. The van der Waals surface area contributed by atoms with Crippen molar-refractivity contribution in [3.05, 3.63) is 101 Å². The van der Waals surface area contributed by atoms with Gasteiger partial charge in [0, 0.05) is 16.3 Å². The number of nitrogens with zero attached hydrogens (tertiary/aromatic N) is 1. The van der Waals surface area contributed by atoms with E-state index in [1.165, 1.54) is 0 Å². The van der Waals surface area contributed by atoms with Crippen LogP contribution < -0.4 is 4.90 Å². The van der Waals surface area contributed by atoms with Crippen molar-refractivity contribution in [3.8, 4) is 0 Å². The lowest BCUT2D eigenvalue weighted by molar-refractivity contribution is -0.132. The summed E-state index contributed by atoms with van der Waals surface area (Å²) in [6.07, 6.45) is 0. The Bertz CT molecular complexity index is 989. The van der Waals surface area contributed by atoms with Crippen molar-refractivity contribution >= 4 is 45.8 Å². The van der Waals surface area contributed by atoms with Crippen molar-refractivity contribution < 1.29 is 14.4 Å². The number of rotatable bonds is 6. The molecule has 3 aromatic rings. The Morgan fingerprint density at radius 3 is 1.82 bits per heavy atom. The second-order valence-corrected chi connectivity index (χ2v) is 6.75. The van der Waals surface area contributed by atoms with Gasteiger partial charge in [0.1, 0.15) is 6.04 Å². The molecule has 0 aliphatic carbocycles. The van der Waals surface area contributed by atoms with Gasteiger partial charge in [0.25, 0.3) is 0 Å². The Hall–Kier alpha value is -2.95. The van der Waals surface area contributed by atoms with Crippen molar-refractivity contribution in [1.82, 2.24) is 0 Å². The Morgan fingerprint density at radius 1 is 0.750 bits per heavy atom. The van der Waals surface area contributed by atoms with Crippen molar-refractivity contribution in [2.45, 2.75) is 6.04 Å². The molecule has 28 heavy (non-hydrogen) atoms. The van der Waals surface area contributed by atoms with E-state index in [1.54, 1.807) is 84.9 Å². The number of anilines is 1. The van der Waals surface area contributed by atoms with E-state index >= 15 is 0 Å². The number of carbonyl (C=O) groups is 3. The molecule has 0 saturated carbocycles. The maximum absolute atomic E-state index is 13.4. The van der Waals surface area contributed by atoms with Gasteiger partial charge in [0.15, 0.2) is 5.78 Å².